The lowest BCUT2D eigenvalue weighted by molar-refractivity contribution is -0.0855. The van der Waals surface area contributed by atoms with Gasteiger partial charge in [-0.2, -0.15) is 5.10 Å². The van der Waals surface area contributed by atoms with E-state index in [2.05, 4.69) is 58.8 Å². The van der Waals surface area contributed by atoms with Gasteiger partial charge in [-0.1, -0.05) is 5.21 Å². The van der Waals surface area contributed by atoms with Crippen LogP contribution in [0.5, 0.6) is 0 Å². The highest BCUT2D eigenvalue weighted by Crippen LogP contribution is 2.34. The van der Waals surface area contributed by atoms with Gasteiger partial charge < -0.3 is 19.9 Å². The molecule has 4 aliphatic rings. The van der Waals surface area contributed by atoms with E-state index < -0.39 is 5.54 Å². The summed E-state index contributed by atoms with van der Waals surface area (Å²) in [5, 5.41) is 22.1. The van der Waals surface area contributed by atoms with E-state index in [1.165, 1.54) is 38.5 Å². The number of nitrogens with zero attached hydrogens (tertiary/aromatic N) is 8. The van der Waals surface area contributed by atoms with Gasteiger partial charge in [0.2, 0.25) is 0 Å². The molecule has 0 radical (unpaired) electrons. The van der Waals surface area contributed by atoms with Crippen molar-refractivity contribution in [3.05, 3.63) is 42.5 Å². The summed E-state index contributed by atoms with van der Waals surface area (Å²) >= 11 is 0. The smallest absolute Gasteiger partial charge is 0.154 e. The molecule has 1 saturated carbocycles. The second kappa shape index (κ2) is 9.64. The highest BCUT2D eigenvalue weighted by atomic mass is 16.5. The van der Waals surface area contributed by atoms with Crippen LogP contribution in [0.1, 0.15) is 44.2 Å². The SMILES string of the molecule is c1ncc(N2CCCC2)cc1-c1cn(C2(c3ccc(N4CCCC(NCC5CC5)C4)nn3)COC2)nn1. The van der Waals surface area contributed by atoms with Crippen LogP contribution >= 0.6 is 0 Å². The Morgan fingerprint density at radius 2 is 1.81 bits per heavy atom. The number of aromatic nitrogens is 6. The Morgan fingerprint density at radius 3 is 2.57 bits per heavy atom. The molecule has 6 heterocycles. The van der Waals surface area contributed by atoms with Crippen LogP contribution < -0.4 is 15.1 Å². The Hall–Kier alpha value is -3.11. The number of ether oxygens (including phenoxy) is 1. The Kier molecular flexibility index (Phi) is 6.01. The van der Waals surface area contributed by atoms with Crippen LogP contribution in [0.3, 0.4) is 0 Å². The minimum atomic E-state index is -0.479. The highest BCUT2D eigenvalue weighted by Gasteiger charge is 2.45. The highest BCUT2D eigenvalue weighted by molar-refractivity contribution is 5.63. The summed E-state index contributed by atoms with van der Waals surface area (Å²) in [6.45, 7) is 6.36. The van der Waals surface area contributed by atoms with Crippen molar-refractivity contribution in [1.29, 1.82) is 0 Å². The predicted octanol–water partition coefficient (Wildman–Crippen LogP) is 2.47. The summed E-state index contributed by atoms with van der Waals surface area (Å²) < 4.78 is 7.57. The lowest BCUT2D eigenvalue weighted by atomic mass is 9.93. The van der Waals surface area contributed by atoms with Gasteiger partial charge in [0.15, 0.2) is 11.4 Å². The summed E-state index contributed by atoms with van der Waals surface area (Å²) in [6, 6.07) is 6.89. The molecule has 194 valence electrons. The number of hydrogen-bond acceptors (Lipinski definition) is 9. The number of piperidine rings is 1. The third-order valence-electron chi connectivity index (χ3n) is 8.37. The van der Waals surface area contributed by atoms with Crippen molar-refractivity contribution in [3.63, 3.8) is 0 Å². The van der Waals surface area contributed by atoms with Crippen LogP contribution in [-0.4, -0.2) is 82.2 Å². The molecule has 0 amide bonds. The molecule has 1 N–H and O–H groups in total. The van der Waals surface area contributed by atoms with E-state index in [0.29, 0.717) is 19.3 Å². The molecule has 0 bridgehead atoms. The minimum Gasteiger partial charge on any atom is -0.375 e. The number of anilines is 2. The van der Waals surface area contributed by atoms with Crippen molar-refractivity contribution in [2.75, 3.05) is 55.7 Å². The zero-order valence-corrected chi connectivity index (χ0v) is 21.3. The molecule has 3 aliphatic heterocycles. The molecule has 0 aromatic carbocycles. The van der Waals surface area contributed by atoms with Crippen molar-refractivity contribution < 1.29 is 4.74 Å². The number of hydrogen-bond donors (Lipinski definition) is 1. The molecule has 1 atom stereocenters. The second-order valence-electron chi connectivity index (χ2n) is 11.1. The number of nitrogens with one attached hydrogen (secondary N) is 1. The van der Waals surface area contributed by atoms with Gasteiger partial charge in [-0.15, -0.1) is 10.2 Å². The monoisotopic (exact) mass is 501 g/mol. The normalized spacial score (nSPS) is 23.3. The molecule has 10 nitrogen and oxygen atoms in total. The molecule has 3 aromatic rings. The first-order valence-electron chi connectivity index (χ1n) is 13.8. The van der Waals surface area contributed by atoms with Crippen molar-refractivity contribution >= 4 is 11.5 Å². The van der Waals surface area contributed by atoms with Gasteiger partial charge in [0.1, 0.15) is 5.69 Å². The first kappa shape index (κ1) is 23.0. The quantitative estimate of drug-likeness (QED) is 0.499. The van der Waals surface area contributed by atoms with Crippen LogP contribution in [0, 0.1) is 5.92 Å². The topological polar surface area (TPSA) is 97.1 Å². The van der Waals surface area contributed by atoms with Crippen LogP contribution in [-0.2, 0) is 10.3 Å². The maximum atomic E-state index is 5.67. The lowest BCUT2D eigenvalue weighted by Crippen LogP contribution is -2.53. The molecular formula is C27H35N9O. The van der Waals surface area contributed by atoms with Crippen LogP contribution in [0.2, 0.25) is 0 Å². The fourth-order valence-electron chi connectivity index (χ4n) is 5.76. The van der Waals surface area contributed by atoms with Crippen molar-refractivity contribution in [2.24, 2.45) is 5.92 Å². The van der Waals surface area contributed by atoms with Crippen LogP contribution in [0.25, 0.3) is 11.3 Å². The summed E-state index contributed by atoms with van der Waals surface area (Å²) in [5.74, 6) is 1.85. The number of pyridine rings is 1. The molecule has 0 spiro atoms. The Balaban J connectivity index is 1.08. The fraction of sp³-hybridized carbons (Fsp3) is 0.593. The molecule has 37 heavy (non-hydrogen) atoms. The third kappa shape index (κ3) is 4.57. The van der Waals surface area contributed by atoms with Crippen LogP contribution in [0.4, 0.5) is 11.5 Å². The third-order valence-corrected chi connectivity index (χ3v) is 8.37. The zero-order valence-electron chi connectivity index (χ0n) is 21.3. The van der Waals surface area contributed by atoms with E-state index in [4.69, 9.17) is 4.74 Å². The molecule has 1 aliphatic carbocycles. The van der Waals surface area contributed by atoms with Gasteiger partial charge in [0.05, 0.1) is 37.0 Å². The molecule has 4 fully saturated rings. The summed E-state index contributed by atoms with van der Waals surface area (Å²) in [6.07, 6.45) is 13.4. The van der Waals surface area contributed by atoms with Gasteiger partial charge in [-0.25, -0.2) is 4.68 Å². The van der Waals surface area contributed by atoms with E-state index in [-0.39, 0.29) is 0 Å². The molecular weight excluding hydrogens is 466 g/mol. The summed E-state index contributed by atoms with van der Waals surface area (Å²) in [4.78, 5) is 9.22. The zero-order chi connectivity index (χ0) is 24.7. The van der Waals surface area contributed by atoms with Crippen molar-refractivity contribution in [3.8, 4) is 11.3 Å². The molecule has 1 unspecified atom stereocenters. The Bertz CT molecular complexity index is 1210. The average molecular weight is 502 g/mol. The van der Waals surface area contributed by atoms with Crippen molar-refractivity contribution in [1.82, 2.24) is 35.5 Å². The van der Waals surface area contributed by atoms with Gasteiger partial charge in [-0.05, 0) is 69.2 Å². The number of rotatable bonds is 8. The lowest BCUT2D eigenvalue weighted by Gasteiger charge is -2.40. The Morgan fingerprint density at radius 1 is 0.946 bits per heavy atom. The largest absolute Gasteiger partial charge is 0.375 e. The van der Waals surface area contributed by atoms with Gasteiger partial charge in [-0.3, -0.25) is 4.98 Å². The van der Waals surface area contributed by atoms with E-state index in [1.54, 1.807) is 0 Å². The van der Waals surface area contributed by atoms with E-state index in [9.17, 15) is 0 Å². The maximum Gasteiger partial charge on any atom is 0.154 e. The average Bonchev–Trinajstić information content (AvgIpc) is 3.36. The first-order valence-corrected chi connectivity index (χ1v) is 13.8. The minimum absolute atomic E-state index is 0.479. The summed E-state index contributed by atoms with van der Waals surface area (Å²) in [5.41, 5.74) is 3.32. The van der Waals surface area contributed by atoms with E-state index in [0.717, 1.165) is 67.1 Å². The maximum absolute atomic E-state index is 5.67. The molecule has 7 rings (SSSR count). The van der Waals surface area contributed by atoms with Gasteiger partial charge in [0, 0.05) is 44.0 Å². The van der Waals surface area contributed by atoms with E-state index >= 15 is 0 Å². The fourth-order valence-corrected chi connectivity index (χ4v) is 5.76. The predicted molar refractivity (Wildman–Crippen MR) is 141 cm³/mol. The second-order valence-corrected chi connectivity index (χ2v) is 11.1. The first-order chi connectivity index (χ1) is 18.3. The van der Waals surface area contributed by atoms with E-state index in [1.807, 2.05) is 23.3 Å². The molecule has 3 saturated heterocycles. The molecule has 10 heteroatoms. The summed E-state index contributed by atoms with van der Waals surface area (Å²) in [7, 11) is 0. The van der Waals surface area contributed by atoms with Gasteiger partial charge in [0.25, 0.3) is 0 Å². The van der Waals surface area contributed by atoms with Crippen molar-refractivity contribution in [2.45, 2.75) is 50.1 Å². The Labute approximate surface area is 217 Å². The van der Waals surface area contributed by atoms with Gasteiger partial charge >= 0.3 is 0 Å². The molecule has 3 aromatic heterocycles. The standard InChI is InChI=1S/C27H35N9O/c1-2-10-34(9-1)23-12-21(14-28-15-23)24-17-36(33-30-24)27(18-37-19-27)25-7-8-26(32-31-25)35-11-3-4-22(16-35)29-13-20-5-6-20/h7-8,12,14-15,17,20,22,29H,1-6,9-11,13,16,18-19H2. The van der Waals surface area contributed by atoms with Crippen LogP contribution in [0.15, 0.2) is 36.8 Å².